The highest BCUT2D eigenvalue weighted by atomic mass is 79.9. The molecule has 1 N–H and O–H groups in total. The van der Waals surface area contributed by atoms with Crippen molar-refractivity contribution in [1.82, 2.24) is 9.62 Å². The minimum Gasteiger partial charge on any atom is -0.497 e. The molecular formula is C27H25BrN2O7S. The van der Waals surface area contributed by atoms with Gasteiger partial charge in [0.2, 0.25) is 10.0 Å². The molecule has 2 aromatic carbocycles. The van der Waals surface area contributed by atoms with Crippen LogP contribution < -0.4 is 9.46 Å². The highest BCUT2D eigenvalue weighted by Gasteiger charge is 2.37. The molecule has 0 saturated heterocycles. The summed E-state index contributed by atoms with van der Waals surface area (Å²) in [6.45, 7) is 1.82. The fraction of sp³-hybridized carbons (Fsp3) is 0.185. The third-order valence-electron chi connectivity index (χ3n) is 5.93. The number of sulfonamides is 1. The molecular weight excluding hydrogens is 576 g/mol. The molecule has 0 fully saturated rings. The van der Waals surface area contributed by atoms with Crippen LogP contribution in [0.3, 0.4) is 0 Å². The lowest BCUT2D eigenvalue weighted by Gasteiger charge is -2.18. The molecule has 198 valence electrons. The maximum atomic E-state index is 13.4. The Hall–Kier alpha value is -3.67. The molecule has 2 heterocycles. The van der Waals surface area contributed by atoms with Crippen LogP contribution in [0.4, 0.5) is 0 Å². The number of allylic oxidation sites excluding steroid dienone is 1. The van der Waals surface area contributed by atoms with Gasteiger partial charge in [-0.25, -0.2) is 17.9 Å². The van der Waals surface area contributed by atoms with Crippen LogP contribution in [-0.4, -0.2) is 39.4 Å². The Morgan fingerprint density at radius 3 is 2.37 bits per heavy atom. The predicted molar refractivity (Wildman–Crippen MR) is 143 cm³/mol. The lowest BCUT2D eigenvalue weighted by atomic mass is 10.1. The van der Waals surface area contributed by atoms with Gasteiger partial charge in [0.05, 0.1) is 43.4 Å². The zero-order chi connectivity index (χ0) is 27.4. The maximum absolute atomic E-state index is 13.4. The van der Waals surface area contributed by atoms with E-state index in [1.807, 2.05) is 12.1 Å². The number of nitrogens with zero attached hydrogens (tertiary/aromatic N) is 1. The van der Waals surface area contributed by atoms with Gasteiger partial charge in [-0.1, -0.05) is 28.1 Å². The van der Waals surface area contributed by atoms with Crippen LogP contribution in [0.1, 0.15) is 24.0 Å². The summed E-state index contributed by atoms with van der Waals surface area (Å²) in [6, 6.07) is 16.7. The number of hydrogen-bond acceptors (Lipinski definition) is 7. The number of furan rings is 1. The lowest BCUT2D eigenvalue weighted by molar-refractivity contribution is -0.136. The van der Waals surface area contributed by atoms with Gasteiger partial charge in [0.1, 0.15) is 17.3 Å². The van der Waals surface area contributed by atoms with Crippen LogP contribution in [-0.2, 0) is 37.4 Å². The summed E-state index contributed by atoms with van der Waals surface area (Å²) in [5.41, 5.74) is 1.57. The van der Waals surface area contributed by atoms with Gasteiger partial charge in [0.15, 0.2) is 0 Å². The molecule has 3 aromatic rings. The van der Waals surface area contributed by atoms with Crippen molar-refractivity contribution in [2.45, 2.75) is 24.9 Å². The van der Waals surface area contributed by atoms with E-state index < -0.39 is 16.0 Å². The van der Waals surface area contributed by atoms with E-state index in [4.69, 9.17) is 13.9 Å². The van der Waals surface area contributed by atoms with E-state index in [1.54, 1.807) is 50.4 Å². The largest absolute Gasteiger partial charge is 0.497 e. The zero-order valence-corrected chi connectivity index (χ0v) is 23.3. The van der Waals surface area contributed by atoms with E-state index in [1.165, 1.54) is 30.2 Å². The molecule has 1 amide bonds. The fourth-order valence-corrected chi connectivity index (χ4v) is 5.16. The Morgan fingerprint density at radius 1 is 1.05 bits per heavy atom. The van der Waals surface area contributed by atoms with Crippen molar-refractivity contribution in [3.63, 3.8) is 0 Å². The van der Waals surface area contributed by atoms with Crippen molar-refractivity contribution in [2.24, 2.45) is 0 Å². The van der Waals surface area contributed by atoms with Crippen molar-refractivity contribution in [3.8, 4) is 5.75 Å². The predicted octanol–water partition coefficient (Wildman–Crippen LogP) is 4.40. The lowest BCUT2D eigenvalue weighted by Crippen LogP contribution is -2.24. The minimum atomic E-state index is -3.75. The van der Waals surface area contributed by atoms with Gasteiger partial charge in [-0.05, 0) is 67.1 Å². The summed E-state index contributed by atoms with van der Waals surface area (Å²) in [6.07, 6.45) is 1.46. The summed E-state index contributed by atoms with van der Waals surface area (Å²) in [5, 5.41) is 0. The van der Waals surface area contributed by atoms with E-state index in [2.05, 4.69) is 20.7 Å². The molecule has 0 spiro atoms. The van der Waals surface area contributed by atoms with Crippen LogP contribution in [0, 0.1) is 0 Å². The van der Waals surface area contributed by atoms with Crippen LogP contribution in [0.5, 0.6) is 5.75 Å². The standard InChI is InChI=1S/C27H25BrN2O7S/c1-17-25(27(32)36-3)24(26(31)30(17)16-18-4-8-20(35-2)9-5-18)14-21-10-11-22(37-21)15-29-38(33,34)23-12-6-19(28)7-13-23/h4-14,29H,15-16H2,1-3H3/b24-14+. The van der Waals surface area contributed by atoms with Crippen molar-refractivity contribution < 1.29 is 31.9 Å². The third kappa shape index (κ3) is 5.90. The van der Waals surface area contributed by atoms with Crippen molar-refractivity contribution >= 4 is 43.9 Å². The molecule has 1 aromatic heterocycles. The number of carbonyl (C=O) groups excluding carboxylic acids is 2. The van der Waals surface area contributed by atoms with Gasteiger partial charge < -0.3 is 18.8 Å². The molecule has 38 heavy (non-hydrogen) atoms. The van der Waals surface area contributed by atoms with Gasteiger partial charge in [-0.15, -0.1) is 0 Å². The van der Waals surface area contributed by atoms with Crippen LogP contribution in [0.15, 0.2) is 91.3 Å². The number of esters is 1. The molecule has 0 aliphatic carbocycles. The Balaban J connectivity index is 1.54. The molecule has 0 saturated carbocycles. The first kappa shape index (κ1) is 27.4. The topological polar surface area (TPSA) is 115 Å². The number of methoxy groups -OCH3 is 2. The average molecular weight is 601 g/mol. The first-order chi connectivity index (χ1) is 18.1. The number of hydrogen-bond donors (Lipinski definition) is 1. The summed E-state index contributed by atoms with van der Waals surface area (Å²) in [5.74, 6) is 0.281. The van der Waals surface area contributed by atoms with E-state index >= 15 is 0 Å². The second-order valence-corrected chi connectivity index (χ2v) is 11.0. The Kier molecular flexibility index (Phi) is 8.20. The van der Waals surface area contributed by atoms with Gasteiger partial charge in [-0.2, -0.15) is 0 Å². The van der Waals surface area contributed by atoms with E-state index in [-0.39, 0.29) is 40.8 Å². The zero-order valence-electron chi connectivity index (χ0n) is 20.9. The second kappa shape index (κ2) is 11.4. The van der Waals surface area contributed by atoms with Gasteiger partial charge >= 0.3 is 5.97 Å². The van der Waals surface area contributed by atoms with Crippen molar-refractivity contribution in [1.29, 1.82) is 0 Å². The Bertz CT molecular complexity index is 1520. The quantitative estimate of drug-likeness (QED) is 0.286. The Morgan fingerprint density at radius 2 is 1.74 bits per heavy atom. The second-order valence-electron chi connectivity index (χ2n) is 8.33. The van der Waals surface area contributed by atoms with E-state index in [0.29, 0.717) is 17.2 Å². The first-order valence-electron chi connectivity index (χ1n) is 11.4. The highest BCUT2D eigenvalue weighted by Crippen LogP contribution is 2.33. The average Bonchev–Trinajstić information content (AvgIpc) is 3.46. The summed E-state index contributed by atoms with van der Waals surface area (Å²) < 4.78 is 44.2. The molecule has 1 aliphatic heterocycles. The summed E-state index contributed by atoms with van der Waals surface area (Å²) >= 11 is 3.28. The highest BCUT2D eigenvalue weighted by molar-refractivity contribution is 9.10. The smallest absolute Gasteiger partial charge is 0.340 e. The normalized spacial score (nSPS) is 14.9. The molecule has 0 radical (unpaired) electrons. The number of ether oxygens (including phenoxy) is 2. The molecule has 4 rings (SSSR count). The number of benzene rings is 2. The maximum Gasteiger partial charge on any atom is 0.340 e. The number of amides is 1. The Labute approximate surface area is 228 Å². The first-order valence-corrected chi connectivity index (χ1v) is 13.7. The minimum absolute atomic E-state index is 0.0994. The van der Waals surface area contributed by atoms with E-state index in [0.717, 1.165) is 10.0 Å². The van der Waals surface area contributed by atoms with Gasteiger partial charge in [-0.3, -0.25) is 4.79 Å². The van der Waals surface area contributed by atoms with Gasteiger partial charge in [0, 0.05) is 10.2 Å². The van der Waals surface area contributed by atoms with Gasteiger partial charge in [0.25, 0.3) is 5.91 Å². The van der Waals surface area contributed by atoms with Crippen LogP contribution in [0.2, 0.25) is 0 Å². The fourth-order valence-electron chi connectivity index (χ4n) is 3.90. The monoisotopic (exact) mass is 600 g/mol. The summed E-state index contributed by atoms with van der Waals surface area (Å²) in [7, 11) is -0.931. The van der Waals surface area contributed by atoms with Crippen molar-refractivity contribution in [3.05, 3.63) is 99.1 Å². The van der Waals surface area contributed by atoms with Crippen LogP contribution >= 0.6 is 15.9 Å². The molecule has 1 aliphatic rings. The van der Waals surface area contributed by atoms with Crippen molar-refractivity contribution in [2.75, 3.05) is 14.2 Å². The molecule has 9 nitrogen and oxygen atoms in total. The molecule has 0 unspecified atom stereocenters. The SMILES string of the molecule is COC(=O)C1=C(C)N(Cc2ccc(OC)cc2)C(=O)/C1=C/c1ccc(CNS(=O)(=O)c2ccc(Br)cc2)o1. The summed E-state index contributed by atoms with van der Waals surface area (Å²) in [4.78, 5) is 27.6. The third-order valence-corrected chi connectivity index (χ3v) is 7.88. The van der Waals surface area contributed by atoms with E-state index in [9.17, 15) is 18.0 Å². The molecule has 0 atom stereocenters. The van der Waals surface area contributed by atoms with Crippen LogP contribution in [0.25, 0.3) is 6.08 Å². The molecule has 0 bridgehead atoms. The molecule has 11 heteroatoms. The number of carbonyl (C=O) groups is 2. The number of nitrogens with one attached hydrogen (secondary N) is 1. The number of halogens is 1. The number of rotatable bonds is 9.